The molecule has 0 radical (unpaired) electrons. The maximum absolute atomic E-state index is 13.4. The van der Waals surface area contributed by atoms with Crippen LogP contribution < -0.4 is 14.8 Å². The number of carbonyl (C=O) groups is 1. The predicted molar refractivity (Wildman–Crippen MR) is 95.7 cm³/mol. The molecule has 2 aliphatic carbocycles. The van der Waals surface area contributed by atoms with E-state index in [4.69, 9.17) is 4.74 Å². The molecule has 1 aromatic rings. The van der Waals surface area contributed by atoms with Crippen LogP contribution in [0.15, 0.2) is 18.2 Å². The summed E-state index contributed by atoms with van der Waals surface area (Å²) in [7, 11) is 0. The molecule has 0 bridgehead atoms. The molecule has 2 fully saturated rings. The van der Waals surface area contributed by atoms with E-state index >= 15 is 0 Å². The Morgan fingerprint density at radius 2 is 1.86 bits per heavy atom. The molecule has 0 saturated heterocycles. The lowest BCUT2D eigenvalue weighted by atomic mass is 9.80. The first-order valence-corrected chi connectivity index (χ1v) is 9.71. The summed E-state index contributed by atoms with van der Waals surface area (Å²) in [6.07, 6.45) is 3.72. The van der Waals surface area contributed by atoms with Gasteiger partial charge in [-0.3, -0.25) is 4.79 Å². The predicted octanol–water partition coefficient (Wildman–Crippen LogP) is 3.64. The van der Waals surface area contributed by atoms with Crippen molar-refractivity contribution in [3.8, 4) is 11.5 Å². The lowest BCUT2D eigenvalue weighted by Gasteiger charge is -2.37. The summed E-state index contributed by atoms with van der Waals surface area (Å²) in [5.41, 5.74) is 0. The number of nitrogens with one attached hydrogen (secondary N) is 1. The molecule has 3 rings (SSSR count). The summed E-state index contributed by atoms with van der Waals surface area (Å²) in [6, 6.07) is 3.25. The van der Waals surface area contributed by atoms with Crippen LogP contribution in [0.1, 0.15) is 45.4 Å². The molecule has 1 amide bonds. The average Bonchev–Trinajstić information content (AvgIpc) is 2.59. The summed E-state index contributed by atoms with van der Waals surface area (Å²) in [5.74, 6) is -0.862. The minimum absolute atomic E-state index is 0.0383. The molecule has 0 spiro atoms. The number of rotatable bonds is 7. The van der Waals surface area contributed by atoms with Crippen molar-refractivity contribution in [2.75, 3.05) is 0 Å². The van der Waals surface area contributed by atoms with Gasteiger partial charge in [-0.25, -0.2) is 4.39 Å². The minimum Gasteiger partial charge on any atom is -0.486 e. The third-order valence-electron chi connectivity index (χ3n) is 5.68. The van der Waals surface area contributed by atoms with Crippen molar-refractivity contribution in [2.45, 2.75) is 70.3 Å². The van der Waals surface area contributed by atoms with Crippen molar-refractivity contribution in [3.63, 3.8) is 0 Å². The van der Waals surface area contributed by atoms with Gasteiger partial charge < -0.3 is 19.9 Å². The van der Waals surface area contributed by atoms with Crippen molar-refractivity contribution in [1.82, 2.24) is 5.32 Å². The van der Waals surface area contributed by atoms with Crippen molar-refractivity contribution in [1.29, 1.82) is 0 Å². The van der Waals surface area contributed by atoms with Crippen molar-refractivity contribution < 1.29 is 32.5 Å². The Kier molecular flexibility index (Phi) is 6.69. The maximum Gasteiger partial charge on any atom is 0.387 e. The molecular formula is C20H26F3NO4. The van der Waals surface area contributed by atoms with E-state index in [1.807, 2.05) is 0 Å². The van der Waals surface area contributed by atoms with Crippen LogP contribution >= 0.6 is 0 Å². The number of aliphatic hydroxyl groups is 1. The molecule has 2 saturated carbocycles. The highest BCUT2D eigenvalue weighted by Gasteiger charge is 2.38. The lowest BCUT2D eigenvalue weighted by Crippen LogP contribution is -2.47. The quantitative estimate of drug-likeness (QED) is 0.732. The smallest absolute Gasteiger partial charge is 0.387 e. The molecule has 5 nitrogen and oxygen atoms in total. The molecule has 28 heavy (non-hydrogen) atoms. The van der Waals surface area contributed by atoms with E-state index < -0.39 is 12.4 Å². The summed E-state index contributed by atoms with van der Waals surface area (Å²) in [5, 5.41) is 12.7. The van der Waals surface area contributed by atoms with Crippen LogP contribution in [0.2, 0.25) is 0 Å². The first-order chi connectivity index (χ1) is 13.3. The van der Waals surface area contributed by atoms with Crippen LogP contribution in [0.25, 0.3) is 0 Å². The molecule has 0 aromatic heterocycles. The van der Waals surface area contributed by atoms with Gasteiger partial charge in [-0.15, -0.1) is 0 Å². The highest BCUT2D eigenvalue weighted by atomic mass is 19.3. The second-order valence-electron chi connectivity index (χ2n) is 7.74. The summed E-state index contributed by atoms with van der Waals surface area (Å²) < 4.78 is 48.2. The summed E-state index contributed by atoms with van der Waals surface area (Å²) >= 11 is 0. The number of alkyl halides is 2. The summed E-state index contributed by atoms with van der Waals surface area (Å²) in [6.45, 7) is -1.23. The van der Waals surface area contributed by atoms with Crippen molar-refractivity contribution in [2.24, 2.45) is 11.8 Å². The van der Waals surface area contributed by atoms with Crippen LogP contribution in [0.3, 0.4) is 0 Å². The number of benzene rings is 1. The van der Waals surface area contributed by atoms with Gasteiger partial charge in [-0.1, -0.05) is 0 Å². The fraction of sp³-hybridized carbons (Fsp3) is 0.650. The van der Waals surface area contributed by atoms with Crippen LogP contribution in [-0.2, 0) is 4.79 Å². The van der Waals surface area contributed by atoms with E-state index in [9.17, 15) is 23.1 Å². The molecular weight excluding hydrogens is 375 g/mol. The first-order valence-electron chi connectivity index (χ1n) is 9.71. The van der Waals surface area contributed by atoms with Crippen LogP contribution in [0.4, 0.5) is 13.2 Å². The molecule has 2 N–H and O–H groups in total. The molecule has 8 heteroatoms. The van der Waals surface area contributed by atoms with Gasteiger partial charge >= 0.3 is 6.61 Å². The Balaban J connectivity index is 1.45. The number of hydrogen-bond donors (Lipinski definition) is 2. The van der Waals surface area contributed by atoms with Gasteiger partial charge in [0.15, 0.2) is 11.5 Å². The molecule has 156 valence electrons. The number of halogens is 3. The molecule has 1 aromatic carbocycles. The fourth-order valence-electron chi connectivity index (χ4n) is 3.89. The Morgan fingerprint density at radius 3 is 2.46 bits per heavy atom. The normalized spacial score (nSPS) is 28.4. The topological polar surface area (TPSA) is 67.8 Å². The van der Waals surface area contributed by atoms with Gasteiger partial charge in [0.25, 0.3) is 0 Å². The Bertz CT molecular complexity index is 671. The second-order valence-corrected chi connectivity index (χ2v) is 7.74. The van der Waals surface area contributed by atoms with Crippen molar-refractivity contribution >= 4 is 5.91 Å². The van der Waals surface area contributed by atoms with E-state index in [0.29, 0.717) is 18.8 Å². The van der Waals surface area contributed by atoms with E-state index in [-0.39, 0.29) is 41.6 Å². The monoisotopic (exact) mass is 401 g/mol. The first kappa shape index (κ1) is 20.8. The third kappa shape index (κ3) is 5.31. The van der Waals surface area contributed by atoms with Gasteiger partial charge in [0.1, 0.15) is 11.9 Å². The fourth-order valence-corrected chi connectivity index (χ4v) is 3.89. The Morgan fingerprint density at radius 1 is 1.18 bits per heavy atom. The van der Waals surface area contributed by atoms with Crippen LogP contribution in [-0.4, -0.2) is 35.9 Å². The van der Waals surface area contributed by atoms with Gasteiger partial charge in [-0.2, -0.15) is 8.78 Å². The van der Waals surface area contributed by atoms with Gasteiger partial charge in [0.2, 0.25) is 5.91 Å². The molecule has 0 heterocycles. The summed E-state index contributed by atoms with van der Waals surface area (Å²) in [4.78, 5) is 12.4. The standard InChI is InChI=1S/C20H26F3NO4/c1-11(25)12-2-5-15(6-3-12)24-19(26)13-8-16(9-13)27-18-10-14(21)4-7-17(18)28-20(22)23/h4,7,10-13,15-16,20,25H,2-3,5-6,8-9H2,1H3,(H,24,26)/t11?,12-,13-,15-,16-. The number of ether oxygens (including phenoxy) is 2. The van der Waals surface area contributed by atoms with Gasteiger partial charge in [0, 0.05) is 18.0 Å². The van der Waals surface area contributed by atoms with Gasteiger partial charge in [-0.05, 0) is 63.5 Å². The zero-order valence-corrected chi connectivity index (χ0v) is 15.7. The Hall–Kier alpha value is -1.96. The van der Waals surface area contributed by atoms with Crippen molar-refractivity contribution in [3.05, 3.63) is 24.0 Å². The van der Waals surface area contributed by atoms with E-state index in [1.54, 1.807) is 6.92 Å². The number of aliphatic hydroxyl groups excluding tert-OH is 1. The zero-order valence-electron chi connectivity index (χ0n) is 15.7. The Labute approximate surface area is 162 Å². The van der Waals surface area contributed by atoms with Crippen LogP contribution in [0.5, 0.6) is 11.5 Å². The largest absolute Gasteiger partial charge is 0.486 e. The maximum atomic E-state index is 13.4. The third-order valence-corrected chi connectivity index (χ3v) is 5.68. The number of amides is 1. The lowest BCUT2D eigenvalue weighted by molar-refractivity contribution is -0.131. The number of carbonyl (C=O) groups excluding carboxylic acids is 1. The highest BCUT2D eigenvalue weighted by Crippen LogP contribution is 2.37. The second kappa shape index (κ2) is 9.03. The molecule has 2 aliphatic rings. The minimum atomic E-state index is -3.03. The van der Waals surface area contributed by atoms with E-state index in [1.165, 1.54) is 0 Å². The van der Waals surface area contributed by atoms with Gasteiger partial charge in [0.05, 0.1) is 6.10 Å². The zero-order chi connectivity index (χ0) is 20.3. The number of hydrogen-bond acceptors (Lipinski definition) is 4. The highest BCUT2D eigenvalue weighted by molar-refractivity contribution is 5.80. The molecule has 1 atom stereocenters. The molecule has 0 aliphatic heterocycles. The average molecular weight is 401 g/mol. The van der Waals surface area contributed by atoms with E-state index in [0.717, 1.165) is 43.9 Å². The SMILES string of the molecule is CC(O)[C@H]1CC[C@H](NC(=O)[C@H]2C[C@H](Oc3cc(F)ccc3OC(F)F)C2)CC1. The van der Waals surface area contributed by atoms with E-state index in [2.05, 4.69) is 10.1 Å². The molecule has 1 unspecified atom stereocenters. The van der Waals surface area contributed by atoms with Crippen LogP contribution in [0, 0.1) is 17.7 Å².